The summed E-state index contributed by atoms with van der Waals surface area (Å²) in [6, 6.07) is -0.281. The largest absolute Gasteiger partial charge is 0.388 e. The summed E-state index contributed by atoms with van der Waals surface area (Å²) >= 11 is 0. The molecule has 1 aliphatic rings. The zero-order valence-corrected chi connectivity index (χ0v) is 9.13. The van der Waals surface area contributed by atoms with Crippen LogP contribution in [0.2, 0.25) is 0 Å². The van der Waals surface area contributed by atoms with Crippen molar-refractivity contribution in [1.82, 2.24) is 5.32 Å². The van der Waals surface area contributed by atoms with Gasteiger partial charge in [-0.15, -0.1) is 0 Å². The summed E-state index contributed by atoms with van der Waals surface area (Å²) in [7, 11) is 0. The molecule has 1 saturated carbocycles. The van der Waals surface area contributed by atoms with Gasteiger partial charge in [-0.1, -0.05) is 0 Å². The Bertz CT molecular complexity index is 229. The summed E-state index contributed by atoms with van der Waals surface area (Å²) in [6.07, 6.45) is 2.51. The standard InChI is InChI=1S/C10H20N2O2/c1-7(9(2,3)14)12-8(13)10(11)5-4-6-10/h7,14H,4-6,11H2,1-3H3,(H,12,13). The third-order valence-electron chi connectivity index (χ3n) is 3.11. The number of carbonyl (C=O) groups is 1. The van der Waals surface area contributed by atoms with Crippen molar-refractivity contribution in [1.29, 1.82) is 0 Å². The molecule has 1 rings (SSSR count). The Balaban J connectivity index is 2.49. The van der Waals surface area contributed by atoms with Gasteiger partial charge in [-0.05, 0) is 40.0 Å². The molecule has 1 fully saturated rings. The second-order valence-corrected chi connectivity index (χ2v) is 4.86. The van der Waals surface area contributed by atoms with Crippen LogP contribution in [-0.4, -0.2) is 28.2 Å². The van der Waals surface area contributed by atoms with Crippen LogP contribution >= 0.6 is 0 Å². The molecule has 1 atom stereocenters. The lowest BCUT2D eigenvalue weighted by molar-refractivity contribution is -0.131. The van der Waals surface area contributed by atoms with Crippen LogP contribution in [0.25, 0.3) is 0 Å². The van der Waals surface area contributed by atoms with E-state index < -0.39 is 11.1 Å². The highest BCUT2D eigenvalue weighted by atomic mass is 16.3. The van der Waals surface area contributed by atoms with Gasteiger partial charge in [0.05, 0.1) is 17.2 Å². The van der Waals surface area contributed by atoms with Crippen LogP contribution in [0.1, 0.15) is 40.0 Å². The molecule has 82 valence electrons. The van der Waals surface area contributed by atoms with Crippen LogP contribution in [0.3, 0.4) is 0 Å². The fourth-order valence-corrected chi connectivity index (χ4v) is 1.30. The molecular weight excluding hydrogens is 180 g/mol. The van der Waals surface area contributed by atoms with Gasteiger partial charge in [0.15, 0.2) is 0 Å². The number of aliphatic hydroxyl groups is 1. The SMILES string of the molecule is CC(NC(=O)C1(N)CCC1)C(C)(C)O. The van der Waals surface area contributed by atoms with Crippen molar-refractivity contribution < 1.29 is 9.90 Å². The molecule has 0 saturated heterocycles. The van der Waals surface area contributed by atoms with Gasteiger partial charge in [0.2, 0.25) is 5.91 Å². The molecular formula is C10H20N2O2. The minimum absolute atomic E-state index is 0.140. The monoisotopic (exact) mass is 200 g/mol. The molecule has 1 aliphatic carbocycles. The Morgan fingerprint density at radius 3 is 2.36 bits per heavy atom. The van der Waals surface area contributed by atoms with E-state index in [1.54, 1.807) is 20.8 Å². The first-order chi connectivity index (χ1) is 6.26. The van der Waals surface area contributed by atoms with Gasteiger partial charge < -0.3 is 16.2 Å². The fraction of sp³-hybridized carbons (Fsp3) is 0.900. The van der Waals surface area contributed by atoms with Crippen molar-refractivity contribution in [2.24, 2.45) is 5.73 Å². The Morgan fingerprint density at radius 2 is 2.07 bits per heavy atom. The number of amides is 1. The maximum absolute atomic E-state index is 11.7. The van der Waals surface area contributed by atoms with Crippen molar-refractivity contribution in [3.8, 4) is 0 Å². The first kappa shape index (κ1) is 11.5. The molecule has 0 aromatic rings. The van der Waals surface area contributed by atoms with E-state index in [4.69, 9.17) is 5.73 Å². The van der Waals surface area contributed by atoms with Crippen LogP contribution in [0.5, 0.6) is 0 Å². The van der Waals surface area contributed by atoms with E-state index in [0.717, 1.165) is 19.3 Å². The maximum Gasteiger partial charge on any atom is 0.240 e. The predicted octanol–water partition coefficient (Wildman–Crippen LogP) is 0.143. The number of nitrogens with two attached hydrogens (primary N) is 1. The third kappa shape index (κ3) is 2.25. The lowest BCUT2D eigenvalue weighted by Crippen LogP contribution is -2.62. The zero-order chi connectivity index (χ0) is 11.0. The molecule has 4 N–H and O–H groups in total. The Kier molecular flexibility index (Phi) is 2.88. The molecule has 0 radical (unpaired) electrons. The van der Waals surface area contributed by atoms with Gasteiger partial charge in [-0.2, -0.15) is 0 Å². The second kappa shape index (κ2) is 3.51. The summed E-state index contributed by atoms with van der Waals surface area (Å²) < 4.78 is 0. The summed E-state index contributed by atoms with van der Waals surface area (Å²) in [6.45, 7) is 5.11. The normalized spacial score (nSPS) is 22.4. The van der Waals surface area contributed by atoms with E-state index in [1.807, 2.05) is 0 Å². The van der Waals surface area contributed by atoms with E-state index >= 15 is 0 Å². The number of carbonyl (C=O) groups excluding carboxylic acids is 1. The van der Waals surface area contributed by atoms with Crippen LogP contribution in [0.4, 0.5) is 0 Å². The summed E-state index contributed by atoms with van der Waals surface area (Å²) in [5.41, 5.74) is 4.26. The quantitative estimate of drug-likeness (QED) is 0.606. The van der Waals surface area contributed by atoms with Gasteiger partial charge in [-0.3, -0.25) is 4.79 Å². The second-order valence-electron chi connectivity index (χ2n) is 4.86. The average Bonchev–Trinajstić information content (AvgIpc) is 1.98. The van der Waals surface area contributed by atoms with E-state index in [0.29, 0.717) is 0 Å². The lowest BCUT2D eigenvalue weighted by Gasteiger charge is -2.38. The lowest BCUT2D eigenvalue weighted by atomic mass is 9.76. The van der Waals surface area contributed by atoms with E-state index in [1.165, 1.54) is 0 Å². The molecule has 0 heterocycles. The molecule has 4 nitrogen and oxygen atoms in total. The van der Waals surface area contributed by atoms with Crippen LogP contribution in [0.15, 0.2) is 0 Å². The fourth-order valence-electron chi connectivity index (χ4n) is 1.30. The van der Waals surface area contributed by atoms with Gasteiger partial charge in [0.1, 0.15) is 0 Å². The Morgan fingerprint density at radius 1 is 1.57 bits per heavy atom. The minimum atomic E-state index is -0.907. The number of rotatable bonds is 3. The van der Waals surface area contributed by atoms with Gasteiger partial charge in [0, 0.05) is 0 Å². The van der Waals surface area contributed by atoms with Crippen molar-refractivity contribution in [3.63, 3.8) is 0 Å². The average molecular weight is 200 g/mol. The van der Waals surface area contributed by atoms with E-state index in [-0.39, 0.29) is 11.9 Å². The summed E-state index contributed by atoms with van der Waals surface area (Å²) in [5, 5.41) is 12.4. The molecule has 0 spiro atoms. The molecule has 14 heavy (non-hydrogen) atoms. The first-order valence-electron chi connectivity index (χ1n) is 5.08. The van der Waals surface area contributed by atoms with E-state index in [9.17, 15) is 9.90 Å². The summed E-state index contributed by atoms with van der Waals surface area (Å²) in [5.74, 6) is -0.140. The molecule has 0 bridgehead atoms. The molecule has 0 aromatic heterocycles. The van der Waals surface area contributed by atoms with Crippen LogP contribution < -0.4 is 11.1 Å². The Labute approximate surface area is 84.9 Å². The Hall–Kier alpha value is -0.610. The summed E-state index contributed by atoms with van der Waals surface area (Å²) in [4.78, 5) is 11.7. The van der Waals surface area contributed by atoms with Crippen molar-refractivity contribution in [2.45, 2.75) is 57.2 Å². The van der Waals surface area contributed by atoms with Gasteiger partial charge in [-0.25, -0.2) is 0 Å². The molecule has 0 aromatic carbocycles. The molecule has 0 aliphatic heterocycles. The number of hydrogen-bond acceptors (Lipinski definition) is 3. The highest BCUT2D eigenvalue weighted by molar-refractivity contribution is 5.87. The molecule has 1 unspecified atom stereocenters. The van der Waals surface area contributed by atoms with Crippen molar-refractivity contribution in [3.05, 3.63) is 0 Å². The first-order valence-corrected chi connectivity index (χ1v) is 5.08. The van der Waals surface area contributed by atoms with Crippen molar-refractivity contribution in [2.75, 3.05) is 0 Å². The third-order valence-corrected chi connectivity index (χ3v) is 3.11. The molecule has 4 heteroatoms. The zero-order valence-electron chi connectivity index (χ0n) is 9.13. The van der Waals surface area contributed by atoms with E-state index in [2.05, 4.69) is 5.32 Å². The highest BCUT2D eigenvalue weighted by Crippen LogP contribution is 2.29. The molecule has 1 amide bonds. The predicted molar refractivity (Wildman–Crippen MR) is 54.7 cm³/mol. The highest BCUT2D eigenvalue weighted by Gasteiger charge is 2.41. The van der Waals surface area contributed by atoms with Crippen LogP contribution in [0, 0.1) is 0 Å². The minimum Gasteiger partial charge on any atom is -0.388 e. The topological polar surface area (TPSA) is 75.4 Å². The van der Waals surface area contributed by atoms with Gasteiger partial charge >= 0.3 is 0 Å². The maximum atomic E-state index is 11.7. The van der Waals surface area contributed by atoms with Gasteiger partial charge in [0.25, 0.3) is 0 Å². The number of hydrogen-bond donors (Lipinski definition) is 3. The van der Waals surface area contributed by atoms with Crippen molar-refractivity contribution >= 4 is 5.91 Å². The number of nitrogens with one attached hydrogen (secondary N) is 1. The van der Waals surface area contributed by atoms with Crippen LogP contribution in [-0.2, 0) is 4.79 Å². The smallest absolute Gasteiger partial charge is 0.240 e.